The minimum atomic E-state index is -3.47. The molecule has 0 aliphatic carbocycles. The molecule has 0 spiro atoms. The average Bonchev–Trinajstić information content (AvgIpc) is 3.07. The lowest BCUT2D eigenvalue weighted by atomic mass is 10.2. The van der Waals surface area contributed by atoms with Crippen LogP contribution in [-0.2, 0) is 16.6 Å². The molecule has 2 N–H and O–H groups in total. The Balaban J connectivity index is 2.23. The third kappa shape index (κ3) is 3.92. The van der Waals surface area contributed by atoms with Crippen LogP contribution in [0.1, 0.15) is 34.7 Å². The van der Waals surface area contributed by atoms with Crippen LogP contribution in [0, 0.1) is 6.92 Å². The van der Waals surface area contributed by atoms with Gasteiger partial charge in [0.2, 0.25) is 0 Å². The van der Waals surface area contributed by atoms with Crippen LogP contribution in [0.25, 0.3) is 0 Å². The number of thiophene rings is 2. The monoisotopic (exact) mass is 344 g/mol. The fourth-order valence-corrected chi connectivity index (χ4v) is 5.89. The quantitative estimate of drug-likeness (QED) is 0.810. The molecule has 0 bridgehead atoms. The summed E-state index contributed by atoms with van der Waals surface area (Å²) in [4.78, 5) is 2.10. The predicted molar refractivity (Wildman–Crippen MR) is 89.5 cm³/mol. The van der Waals surface area contributed by atoms with Crippen molar-refractivity contribution in [2.24, 2.45) is 0 Å². The van der Waals surface area contributed by atoms with E-state index in [2.05, 4.69) is 10.0 Å². The molecule has 21 heavy (non-hydrogen) atoms. The zero-order chi connectivity index (χ0) is 15.5. The molecule has 0 radical (unpaired) electrons. The molecule has 1 atom stereocenters. The van der Waals surface area contributed by atoms with Gasteiger partial charge in [0.25, 0.3) is 10.0 Å². The van der Waals surface area contributed by atoms with Crippen LogP contribution in [0.2, 0.25) is 0 Å². The third-order valence-electron chi connectivity index (χ3n) is 3.19. The zero-order valence-corrected chi connectivity index (χ0v) is 14.8. The summed E-state index contributed by atoms with van der Waals surface area (Å²) < 4.78 is 28.3. The van der Waals surface area contributed by atoms with Gasteiger partial charge in [0.1, 0.15) is 4.21 Å². The van der Waals surface area contributed by atoms with Gasteiger partial charge >= 0.3 is 0 Å². The Hall–Kier alpha value is -0.730. The third-order valence-corrected chi connectivity index (χ3v) is 7.36. The molecule has 1 unspecified atom stereocenters. The van der Waals surface area contributed by atoms with Gasteiger partial charge in [-0.1, -0.05) is 13.0 Å². The first-order valence-corrected chi connectivity index (χ1v) is 9.95. The fourth-order valence-electron chi connectivity index (χ4n) is 2.03. The second-order valence-electron chi connectivity index (χ2n) is 4.80. The number of nitrogens with one attached hydrogen (secondary N) is 2. The van der Waals surface area contributed by atoms with Gasteiger partial charge in [-0.25, -0.2) is 13.1 Å². The van der Waals surface area contributed by atoms with Gasteiger partial charge < -0.3 is 5.32 Å². The van der Waals surface area contributed by atoms with E-state index in [1.807, 2.05) is 38.4 Å². The maximum atomic E-state index is 12.6. The van der Waals surface area contributed by atoms with Crippen molar-refractivity contribution in [3.8, 4) is 0 Å². The lowest BCUT2D eigenvalue weighted by Crippen LogP contribution is -2.27. The Bertz CT molecular complexity index is 675. The SMILES string of the molecule is CCC(NS(=O)(=O)c1cc(C)c(CNC)s1)c1cccs1. The van der Waals surface area contributed by atoms with E-state index >= 15 is 0 Å². The molecular weight excluding hydrogens is 324 g/mol. The topological polar surface area (TPSA) is 58.2 Å². The minimum Gasteiger partial charge on any atom is -0.315 e. The summed E-state index contributed by atoms with van der Waals surface area (Å²) in [6.07, 6.45) is 0.730. The first-order valence-electron chi connectivity index (χ1n) is 6.77. The molecule has 0 fully saturated rings. The highest BCUT2D eigenvalue weighted by Crippen LogP contribution is 2.29. The molecule has 0 saturated heterocycles. The van der Waals surface area contributed by atoms with Crippen LogP contribution in [0.3, 0.4) is 0 Å². The largest absolute Gasteiger partial charge is 0.315 e. The predicted octanol–water partition coefficient (Wildman–Crippen LogP) is 3.27. The summed E-state index contributed by atoms with van der Waals surface area (Å²) in [6, 6.07) is 5.50. The second-order valence-corrected chi connectivity index (χ2v) is 8.86. The van der Waals surface area contributed by atoms with Crippen molar-refractivity contribution in [2.75, 3.05) is 7.05 Å². The molecule has 2 rings (SSSR count). The van der Waals surface area contributed by atoms with E-state index in [0.29, 0.717) is 10.8 Å². The van der Waals surface area contributed by atoms with Crippen molar-refractivity contribution in [2.45, 2.75) is 37.1 Å². The second kappa shape index (κ2) is 7.02. The Morgan fingerprint density at radius 3 is 2.71 bits per heavy atom. The lowest BCUT2D eigenvalue weighted by Gasteiger charge is -2.14. The van der Waals surface area contributed by atoms with Crippen LogP contribution in [0.5, 0.6) is 0 Å². The fraction of sp³-hybridized carbons (Fsp3) is 0.429. The molecule has 116 valence electrons. The van der Waals surface area contributed by atoms with E-state index in [9.17, 15) is 8.42 Å². The number of aryl methyl sites for hydroxylation is 1. The van der Waals surface area contributed by atoms with E-state index in [-0.39, 0.29) is 6.04 Å². The molecule has 0 amide bonds. The summed E-state index contributed by atoms with van der Waals surface area (Å²) >= 11 is 2.91. The van der Waals surface area contributed by atoms with Crippen molar-refractivity contribution < 1.29 is 8.42 Å². The smallest absolute Gasteiger partial charge is 0.250 e. The molecular formula is C14H20N2O2S3. The molecule has 4 nitrogen and oxygen atoms in total. The summed E-state index contributed by atoms with van der Waals surface area (Å²) in [5, 5.41) is 5.03. The average molecular weight is 345 g/mol. The lowest BCUT2D eigenvalue weighted by molar-refractivity contribution is 0.555. The van der Waals surface area contributed by atoms with Crippen LogP contribution < -0.4 is 10.0 Å². The summed E-state index contributed by atoms with van der Waals surface area (Å²) in [7, 11) is -1.61. The van der Waals surface area contributed by atoms with Crippen LogP contribution in [0.15, 0.2) is 27.8 Å². The highest BCUT2D eigenvalue weighted by atomic mass is 32.2. The summed E-state index contributed by atoms with van der Waals surface area (Å²) in [5.41, 5.74) is 1.01. The highest BCUT2D eigenvalue weighted by molar-refractivity contribution is 7.91. The maximum absolute atomic E-state index is 12.6. The minimum absolute atomic E-state index is 0.162. The summed E-state index contributed by atoms with van der Waals surface area (Å²) in [5.74, 6) is 0. The van der Waals surface area contributed by atoms with Gasteiger partial charge in [-0.15, -0.1) is 22.7 Å². The van der Waals surface area contributed by atoms with Crippen molar-refractivity contribution in [3.05, 3.63) is 38.9 Å². The Labute approximate surface area is 134 Å². The Morgan fingerprint density at radius 1 is 1.38 bits per heavy atom. The standard InChI is InChI=1S/C14H20N2O2S3/c1-4-11(12-6-5-7-19-12)16-21(17,18)14-8-10(2)13(20-14)9-15-3/h5-8,11,15-16H,4,9H2,1-3H3. The van der Waals surface area contributed by atoms with Gasteiger partial charge in [0, 0.05) is 16.3 Å². The Kier molecular flexibility index (Phi) is 5.56. The molecule has 2 aromatic heterocycles. The number of rotatable bonds is 7. The van der Waals surface area contributed by atoms with E-state index in [1.54, 1.807) is 17.4 Å². The summed E-state index contributed by atoms with van der Waals surface area (Å²) in [6.45, 7) is 4.62. The molecule has 0 aromatic carbocycles. The van der Waals surface area contributed by atoms with Gasteiger partial charge in [-0.2, -0.15) is 0 Å². The van der Waals surface area contributed by atoms with E-state index in [4.69, 9.17) is 0 Å². The van der Waals surface area contributed by atoms with E-state index < -0.39 is 10.0 Å². The molecule has 2 aromatic rings. The number of hydrogen-bond donors (Lipinski definition) is 2. The van der Waals surface area contributed by atoms with Crippen molar-refractivity contribution in [1.82, 2.24) is 10.0 Å². The van der Waals surface area contributed by atoms with Gasteiger partial charge in [0.05, 0.1) is 6.04 Å². The van der Waals surface area contributed by atoms with Crippen molar-refractivity contribution in [3.63, 3.8) is 0 Å². The molecule has 7 heteroatoms. The van der Waals surface area contributed by atoms with Crippen LogP contribution in [-0.4, -0.2) is 15.5 Å². The first kappa shape index (κ1) is 16.6. The van der Waals surface area contributed by atoms with Gasteiger partial charge in [-0.3, -0.25) is 0 Å². The molecule has 0 aliphatic heterocycles. The van der Waals surface area contributed by atoms with Crippen molar-refractivity contribution >= 4 is 32.7 Å². The highest BCUT2D eigenvalue weighted by Gasteiger charge is 2.23. The number of sulfonamides is 1. The van der Waals surface area contributed by atoms with Gasteiger partial charge in [0.15, 0.2) is 0 Å². The van der Waals surface area contributed by atoms with Gasteiger partial charge in [-0.05, 0) is 43.5 Å². The van der Waals surface area contributed by atoms with Crippen LogP contribution >= 0.6 is 22.7 Å². The normalized spacial score (nSPS) is 13.5. The first-order chi connectivity index (χ1) is 9.97. The van der Waals surface area contributed by atoms with Crippen LogP contribution in [0.4, 0.5) is 0 Å². The maximum Gasteiger partial charge on any atom is 0.250 e. The molecule has 0 aliphatic rings. The molecule has 0 saturated carbocycles. The molecule has 2 heterocycles. The van der Waals surface area contributed by atoms with Crippen molar-refractivity contribution in [1.29, 1.82) is 0 Å². The Morgan fingerprint density at radius 2 is 2.14 bits per heavy atom. The van der Waals surface area contributed by atoms with E-state index in [0.717, 1.165) is 21.7 Å². The van der Waals surface area contributed by atoms with E-state index in [1.165, 1.54) is 11.3 Å². The number of hydrogen-bond acceptors (Lipinski definition) is 5. The zero-order valence-electron chi connectivity index (χ0n) is 12.3.